The van der Waals surface area contributed by atoms with Gasteiger partial charge in [-0.15, -0.1) is 0 Å². The number of hydrogen-bond donors (Lipinski definition) is 1. The molecule has 7 heteroatoms. The molecular formula is C22H24N2O5. The zero-order valence-corrected chi connectivity index (χ0v) is 16.5. The maximum Gasteiger partial charge on any atom is 0.307 e. The van der Waals surface area contributed by atoms with E-state index in [-0.39, 0.29) is 37.8 Å². The first-order chi connectivity index (χ1) is 14.0. The molecule has 1 heterocycles. The number of nitrogens with one attached hydrogen (secondary N) is 1. The Hall–Kier alpha value is -3.35. The third kappa shape index (κ3) is 5.13. The number of hydrogen-bond acceptors (Lipinski definition) is 5. The summed E-state index contributed by atoms with van der Waals surface area (Å²) in [6.07, 6.45) is 0.133. The van der Waals surface area contributed by atoms with Gasteiger partial charge >= 0.3 is 5.97 Å². The molecule has 2 aromatic rings. The minimum atomic E-state index is -0.497. The Balaban J connectivity index is 1.66. The normalized spacial score (nSPS) is 13.9. The lowest BCUT2D eigenvalue weighted by Gasteiger charge is -2.29. The van der Waals surface area contributed by atoms with Gasteiger partial charge in [-0.05, 0) is 24.6 Å². The lowest BCUT2D eigenvalue weighted by Crippen LogP contribution is -2.41. The van der Waals surface area contributed by atoms with E-state index >= 15 is 0 Å². The number of benzene rings is 2. The predicted octanol–water partition coefficient (Wildman–Crippen LogP) is 2.53. The summed E-state index contributed by atoms with van der Waals surface area (Å²) in [6, 6.07) is 14.3. The van der Waals surface area contributed by atoms with E-state index in [1.807, 2.05) is 43.3 Å². The average Bonchev–Trinajstić information content (AvgIpc) is 2.73. The molecule has 0 unspecified atom stereocenters. The summed E-state index contributed by atoms with van der Waals surface area (Å²) < 4.78 is 10.2. The molecule has 0 spiro atoms. The number of aryl methyl sites for hydroxylation is 1. The van der Waals surface area contributed by atoms with Gasteiger partial charge in [-0.1, -0.05) is 42.0 Å². The van der Waals surface area contributed by atoms with Crippen molar-refractivity contribution in [1.29, 1.82) is 0 Å². The number of methoxy groups -OCH3 is 1. The predicted molar refractivity (Wildman–Crippen MR) is 108 cm³/mol. The van der Waals surface area contributed by atoms with Crippen LogP contribution in [-0.2, 0) is 19.1 Å². The van der Waals surface area contributed by atoms with E-state index in [9.17, 15) is 14.4 Å². The summed E-state index contributed by atoms with van der Waals surface area (Å²) in [6.45, 7) is 2.14. The zero-order chi connectivity index (χ0) is 20.8. The fourth-order valence-corrected chi connectivity index (χ4v) is 3.18. The molecule has 0 bridgehead atoms. The molecule has 1 atom stereocenters. The molecule has 152 valence electrons. The molecule has 0 radical (unpaired) electrons. The number of fused-ring (bicyclic) bond motifs is 1. The van der Waals surface area contributed by atoms with E-state index in [1.54, 1.807) is 17.0 Å². The monoisotopic (exact) mass is 396 g/mol. The summed E-state index contributed by atoms with van der Waals surface area (Å²) in [5.74, 6) is -0.235. The second kappa shape index (κ2) is 9.23. The van der Waals surface area contributed by atoms with Crippen molar-refractivity contribution in [2.24, 2.45) is 0 Å². The molecule has 1 aliphatic rings. The summed E-state index contributed by atoms with van der Waals surface area (Å²) in [5, 5.41) is 2.89. The van der Waals surface area contributed by atoms with Crippen LogP contribution in [0.15, 0.2) is 48.5 Å². The van der Waals surface area contributed by atoms with Gasteiger partial charge in [0.15, 0.2) is 6.61 Å². The molecule has 0 fully saturated rings. The molecule has 0 aromatic heterocycles. The summed E-state index contributed by atoms with van der Waals surface area (Å²) >= 11 is 0. The molecule has 3 rings (SSSR count). The smallest absolute Gasteiger partial charge is 0.307 e. The Morgan fingerprint density at radius 3 is 2.62 bits per heavy atom. The van der Waals surface area contributed by atoms with E-state index in [2.05, 4.69) is 5.32 Å². The second-order valence-corrected chi connectivity index (χ2v) is 6.86. The first-order valence-corrected chi connectivity index (χ1v) is 9.43. The standard InChI is InChI=1S/C22H24N2O5/c1-15-7-9-16(10-8-15)17(13-22(27)28-2)23-20(25)11-12-24-18-5-3-4-6-19(18)29-14-21(24)26/h3-10,17H,11-14H2,1-2H3,(H,23,25)/t17-/m1/s1. The van der Waals surface area contributed by atoms with Gasteiger partial charge in [-0.3, -0.25) is 14.4 Å². The average molecular weight is 396 g/mol. The highest BCUT2D eigenvalue weighted by atomic mass is 16.5. The number of rotatable bonds is 7. The van der Waals surface area contributed by atoms with Crippen LogP contribution in [0.25, 0.3) is 0 Å². The van der Waals surface area contributed by atoms with Crippen LogP contribution in [0.3, 0.4) is 0 Å². The molecule has 1 aliphatic heterocycles. The molecule has 2 amide bonds. The van der Waals surface area contributed by atoms with Crippen molar-refractivity contribution in [3.05, 3.63) is 59.7 Å². The van der Waals surface area contributed by atoms with E-state index in [4.69, 9.17) is 9.47 Å². The largest absolute Gasteiger partial charge is 0.482 e. The van der Waals surface area contributed by atoms with Crippen LogP contribution in [0.5, 0.6) is 5.75 Å². The molecule has 29 heavy (non-hydrogen) atoms. The van der Waals surface area contributed by atoms with Gasteiger partial charge in [0.25, 0.3) is 5.91 Å². The Kier molecular flexibility index (Phi) is 6.49. The van der Waals surface area contributed by atoms with Gasteiger partial charge in [0.1, 0.15) is 5.75 Å². The molecule has 0 aliphatic carbocycles. The van der Waals surface area contributed by atoms with Gasteiger partial charge in [-0.25, -0.2) is 0 Å². The lowest BCUT2D eigenvalue weighted by molar-refractivity contribution is -0.141. The fourth-order valence-electron chi connectivity index (χ4n) is 3.18. The first-order valence-electron chi connectivity index (χ1n) is 9.43. The van der Waals surface area contributed by atoms with Crippen LogP contribution in [0.1, 0.15) is 30.0 Å². The van der Waals surface area contributed by atoms with Crippen molar-refractivity contribution in [2.75, 3.05) is 25.2 Å². The van der Waals surface area contributed by atoms with Gasteiger partial charge in [0, 0.05) is 13.0 Å². The van der Waals surface area contributed by atoms with Crippen LogP contribution < -0.4 is 15.0 Å². The number of anilines is 1. The Morgan fingerprint density at radius 2 is 1.90 bits per heavy atom. The second-order valence-electron chi connectivity index (χ2n) is 6.86. The Bertz CT molecular complexity index is 894. The van der Waals surface area contributed by atoms with Gasteiger partial charge in [0.2, 0.25) is 5.91 Å². The molecule has 7 nitrogen and oxygen atoms in total. The zero-order valence-electron chi connectivity index (χ0n) is 16.5. The van der Waals surface area contributed by atoms with E-state index in [1.165, 1.54) is 7.11 Å². The number of amides is 2. The number of carbonyl (C=O) groups is 3. The minimum absolute atomic E-state index is 0.0324. The van der Waals surface area contributed by atoms with Crippen molar-refractivity contribution >= 4 is 23.5 Å². The summed E-state index contributed by atoms with van der Waals surface area (Å²) in [4.78, 5) is 38.2. The number of nitrogens with zero attached hydrogens (tertiary/aromatic N) is 1. The van der Waals surface area contributed by atoms with Gasteiger partial charge < -0.3 is 19.7 Å². The first kappa shape index (κ1) is 20.4. The molecular weight excluding hydrogens is 372 g/mol. The van der Waals surface area contributed by atoms with Gasteiger partial charge in [-0.2, -0.15) is 0 Å². The summed E-state index contributed by atoms with van der Waals surface area (Å²) in [5.41, 5.74) is 2.56. The number of para-hydroxylation sites is 2. The SMILES string of the molecule is COC(=O)C[C@@H](NC(=O)CCN1C(=O)COc2ccccc21)c1ccc(C)cc1. The lowest BCUT2D eigenvalue weighted by atomic mass is 10.0. The molecule has 1 N–H and O–H groups in total. The van der Waals surface area contributed by atoms with Crippen LogP contribution in [0.2, 0.25) is 0 Å². The fraction of sp³-hybridized carbons (Fsp3) is 0.318. The topological polar surface area (TPSA) is 84.9 Å². The highest BCUT2D eigenvalue weighted by Crippen LogP contribution is 2.31. The molecule has 0 saturated heterocycles. The van der Waals surface area contributed by atoms with Crippen molar-refractivity contribution in [2.45, 2.75) is 25.8 Å². The van der Waals surface area contributed by atoms with Crippen molar-refractivity contribution < 1.29 is 23.9 Å². The van der Waals surface area contributed by atoms with Crippen LogP contribution >= 0.6 is 0 Å². The third-order valence-corrected chi connectivity index (χ3v) is 4.78. The Labute approximate surface area is 169 Å². The van der Waals surface area contributed by atoms with E-state index in [0.29, 0.717) is 11.4 Å². The quantitative estimate of drug-likeness (QED) is 0.727. The van der Waals surface area contributed by atoms with Crippen LogP contribution in [0, 0.1) is 6.92 Å². The highest BCUT2D eigenvalue weighted by Gasteiger charge is 2.26. The third-order valence-electron chi connectivity index (χ3n) is 4.78. The maximum absolute atomic E-state index is 12.6. The minimum Gasteiger partial charge on any atom is -0.482 e. The van der Waals surface area contributed by atoms with E-state index < -0.39 is 12.0 Å². The van der Waals surface area contributed by atoms with Crippen LogP contribution in [0.4, 0.5) is 5.69 Å². The Morgan fingerprint density at radius 1 is 1.17 bits per heavy atom. The number of carbonyl (C=O) groups excluding carboxylic acids is 3. The summed E-state index contributed by atoms with van der Waals surface area (Å²) in [7, 11) is 1.32. The maximum atomic E-state index is 12.6. The van der Waals surface area contributed by atoms with Crippen molar-refractivity contribution in [3.63, 3.8) is 0 Å². The highest BCUT2D eigenvalue weighted by molar-refractivity contribution is 5.98. The van der Waals surface area contributed by atoms with Crippen LogP contribution in [-0.4, -0.2) is 38.0 Å². The number of esters is 1. The molecule has 2 aromatic carbocycles. The van der Waals surface area contributed by atoms with Gasteiger partial charge in [0.05, 0.1) is 25.3 Å². The van der Waals surface area contributed by atoms with E-state index in [0.717, 1.165) is 11.1 Å². The van der Waals surface area contributed by atoms with Crippen molar-refractivity contribution in [1.82, 2.24) is 5.32 Å². The molecule has 0 saturated carbocycles. The van der Waals surface area contributed by atoms with Crippen molar-refractivity contribution in [3.8, 4) is 5.75 Å². The number of ether oxygens (including phenoxy) is 2.